The fraction of sp³-hybridized carbons (Fsp3) is 0.440. The number of hydrogen-bond donors (Lipinski definition) is 1. The van der Waals surface area contributed by atoms with Gasteiger partial charge in [0.2, 0.25) is 0 Å². The Morgan fingerprint density at radius 1 is 0.967 bits per heavy atom. The highest BCUT2D eigenvalue weighted by molar-refractivity contribution is 5.81. The van der Waals surface area contributed by atoms with Gasteiger partial charge >= 0.3 is 12.1 Å². The molecule has 5 nitrogen and oxygen atoms in total. The van der Waals surface area contributed by atoms with E-state index in [0.717, 1.165) is 43.2 Å². The summed E-state index contributed by atoms with van der Waals surface area (Å²) in [6.07, 6.45) is 5.39. The zero-order chi connectivity index (χ0) is 20.7. The summed E-state index contributed by atoms with van der Waals surface area (Å²) in [5, 5.41) is 9.68. The third-order valence-corrected chi connectivity index (χ3v) is 7.35. The molecule has 1 atom stereocenters. The number of likely N-dealkylation sites (tertiary alicyclic amines) is 1. The van der Waals surface area contributed by atoms with Crippen molar-refractivity contribution in [2.24, 2.45) is 5.41 Å². The largest absolute Gasteiger partial charge is 0.480 e. The van der Waals surface area contributed by atoms with Crippen LogP contribution in [0.5, 0.6) is 0 Å². The number of ether oxygens (including phenoxy) is 1. The van der Waals surface area contributed by atoms with Crippen molar-refractivity contribution in [3.05, 3.63) is 59.7 Å². The number of benzene rings is 2. The number of carbonyl (C=O) groups excluding carboxylic acids is 1. The van der Waals surface area contributed by atoms with Gasteiger partial charge in [0.15, 0.2) is 0 Å². The Morgan fingerprint density at radius 3 is 2.17 bits per heavy atom. The maximum absolute atomic E-state index is 13.1. The van der Waals surface area contributed by atoms with Crippen LogP contribution in [0.3, 0.4) is 0 Å². The lowest BCUT2D eigenvalue weighted by Crippen LogP contribution is -2.54. The van der Waals surface area contributed by atoms with Crippen LogP contribution >= 0.6 is 0 Å². The molecule has 3 aliphatic rings. The van der Waals surface area contributed by atoms with Crippen molar-refractivity contribution >= 4 is 12.1 Å². The highest BCUT2D eigenvalue weighted by Crippen LogP contribution is 2.47. The smallest absolute Gasteiger partial charge is 0.410 e. The molecule has 1 aliphatic heterocycles. The van der Waals surface area contributed by atoms with Crippen molar-refractivity contribution in [1.29, 1.82) is 0 Å². The summed E-state index contributed by atoms with van der Waals surface area (Å²) >= 11 is 0. The second-order valence-electron chi connectivity index (χ2n) is 9.03. The summed E-state index contributed by atoms with van der Waals surface area (Å²) < 4.78 is 5.79. The van der Waals surface area contributed by atoms with Crippen LogP contribution in [0.2, 0.25) is 0 Å². The number of carbonyl (C=O) groups is 2. The zero-order valence-corrected chi connectivity index (χ0v) is 17.0. The number of carboxylic acid groups (broad SMARTS) is 1. The first-order valence-electron chi connectivity index (χ1n) is 10.9. The van der Waals surface area contributed by atoms with Gasteiger partial charge in [-0.15, -0.1) is 0 Å². The first-order valence-corrected chi connectivity index (χ1v) is 10.9. The molecule has 1 heterocycles. The fourth-order valence-electron chi connectivity index (χ4n) is 5.81. The average molecular weight is 405 g/mol. The minimum absolute atomic E-state index is 0.0186. The summed E-state index contributed by atoms with van der Waals surface area (Å²) in [6.45, 7) is 0.726. The number of carboxylic acids is 1. The third-order valence-electron chi connectivity index (χ3n) is 7.35. The van der Waals surface area contributed by atoms with E-state index in [9.17, 15) is 14.7 Å². The van der Waals surface area contributed by atoms with Crippen molar-refractivity contribution in [3.8, 4) is 11.1 Å². The Bertz CT molecular complexity index is 933. The molecule has 2 aromatic carbocycles. The number of piperidine rings is 1. The molecule has 2 aliphatic carbocycles. The second kappa shape index (κ2) is 7.46. The predicted octanol–water partition coefficient (Wildman–Crippen LogP) is 5.04. The van der Waals surface area contributed by atoms with E-state index in [4.69, 9.17) is 4.74 Å². The van der Waals surface area contributed by atoms with Gasteiger partial charge in [-0.25, -0.2) is 9.59 Å². The molecular formula is C25H27NO4. The van der Waals surface area contributed by atoms with E-state index in [0.29, 0.717) is 13.0 Å². The number of nitrogens with zero attached hydrogens (tertiary/aromatic N) is 1. The highest BCUT2D eigenvalue weighted by atomic mass is 16.6. The van der Waals surface area contributed by atoms with Crippen LogP contribution in [0.25, 0.3) is 11.1 Å². The number of fused-ring (bicyclic) bond motifs is 3. The molecule has 1 saturated heterocycles. The van der Waals surface area contributed by atoms with Crippen molar-refractivity contribution in [2.75, 3.05) is 13.2 Å². The van der Waals surface area contributed by atoms with E-state index in [2.05, 4.69) is 24.3 Å². The van der Waals surface area contributed by atoms with Gasteiger partial charge < -0.3 is 9.84 Å². The first kappa shape index (κ1) is 19.2. The summed E-state index contributed by atoms with van der Waals surface area (Å²) in [5.41, 5.74) is 4.76. The van der Waals surface area contributed by atoms with Crippen LogP contribution in [-0.2, 0) is 9.53 Å². The highest BCUT2D eigenvalue weighted by Gasteiger charge is 2.46. The van der Waals surface area contributed by atoms with Gasteiger partial charge in [0, 0.05) is 12.5 Å². The Morgan fingerprint density at radius 2 is 1.57 bits per heavy atom. The molecule has 1 spiro atoms. The molecule has 5 rings (SSSR count). The fourth-order valence-corrected chi connectivity index (χ4v) is 5.81. The molecule has 0 aromatic heterocycles. The molecule has 30 heavy (non-hydrogen) atoms. The first-order chi connectivity index (χ1) is 14.6. The van der Waals surface area contributed by atoms with Gasteiger partial charge in [-0.1, -0.05) is 61.4 Å². The predicted molar refractivity (Wildman–Crippen MR) is 113 cm³/mol. The van der Waals surface area contributed by atoms with E-state index in [-0.39, 0.29) is 17.9 Å². The van der Waals surface area contributed by atoms with Gasteiger partial charge in [0.25, 0.3) is 0 Å². The molecule has 1 amide bonds. The minimum Gasteiger partial charge on any atom is -0.480 e. The van der Waals surface area contributed by atoms with E-state index < -0.39 is 18.1 Å². The molecular weight excluding hydrogens is 378 g/mol. The second-order valence-corrected chi connectivity index (χ2v) is 9.03. The molecule has 156 valence electrons. The summed E-state index contributed by atoms with van der Waals surface area (Å²) in [7, 11) is 0. The van der Waals surface area contributed by atoms with Crippen LogP contribution in [0.1, 0.15) is 55.6 Å². The molecule has 1 unspecified atom stereocenters. The molecule has 0 radical (unpaired) electrons. The van der Waals surface area contributed by atoms with Crippen LogP contribution < -0.4 is 0 Å². The molecule has 1 N–H and O–H groups in total. The lowest BCUT2D eigenvalue weighted by atomic mass is 9.76. The maximum Gasteiger partial charge on any atom is 0.410 e. The topological polar surface area (TPSA) is 66.8 Å². The lowest BCUT2D eigenvalue weighted by molar-refractivity contribution is -0.145. The SMILES string of the molecule is O=C(O)C1CCC2(CCCC2)CN1C(=O)OCC1c2ccccc2-c2ccccc21. The average Bonchev–Trinajstić information content (AvgIpc) is 3.34. The van der Waals surface area contributed by atoms with Crippen LogP contribution in [0, 0.1) is 5.41 Å². The van der Waals surface area contributed by atoms with E-state index in [1.165, 1.54) is 16.0 Å². The van der Waals surface area contributed by atoms with Gasteiger partial charge in [0.05, 0.1) is 0 Å². The normalized spacial score (nSPS) is 22.0. The molecule has 2 aromatic rings. The molecule has 0 bridgehead atoms. The lowest BCUT2D eigenvalue weighted by Gasteiger charge is -2.43. The van der Waals surface area contributed by atoms with Crippen molar-refractivity contribution < 1.29 is 19.4 Å². The van der Waals surface area contributed by atoms with Gasteiger partial charge in [-0.05, 0) is 53.4 Å². The van der Waals surface area contributed by atoms with E-state index >= 15 is 0 Å². The van der Waals surface area contributed by atoms with Gasteiger partial charge in [-0.3, -0.25) is 4.90 Å². The van der Waals surface area contributed by atoms with Crippen molar-refractivity contribution in [3.63, 3.8) is 0 Å². The monoisotopic (exact) mass is 405 g/mol. The standard InChI is InChI=1S/C25H27NO4/c27-23(28)22-11-14-25(12-5-6-13-25)16-26(22)24(29)30-15-21-19-9-3-1-7-17(19)18-8-2-4-10-20(18)21/h1-4,7-10,21-22H,5-6,11-16H2,(H,27,28). The Labute approximate surface area is 176 Å². The third kappa shape index (κ3) is 3.17. The zero-order valence-electron chi connectivity index (χ0n) is 17.0. The Hall–Kier alpha value is -2.82. The van der Waals surface area contributed by atoms with Crippen LogP contribution in [-0.4, -0.2) is 41.3 Å². The number of amides is 1. The summed E-state index contributed by atoms with van der Waals surface area (Å²) in [5.74, 6) is -0.953. The minimum atomic E-state index is -0.934. The number of aliphatic carboxylic acids is 1. The van der Waals surface area contributed by atoms with Crippen molar-refractivity contribution in [1.82, 2.24) is 4.90 Å². The van der Waals surface area contributed by atoms with E-state index in [1.54, 1.807) is 0 Å². The number of hydrogen-bond acceptors (Lipinski definition) is 3. The van der Waals surface area contributed by atoms with Crippen LogP contribution in [0.4, 0.5) is 4.79 Å². The van der Waals surface area contributed by atoms with Crippen LogP contribution in [0.15, 0.2) is 48.5 Å². The Balaban J connectivity index is 1.35. The summed E-state index contributed by atoms with van der Waals surface area (Å²) in [4.78, 5) is 26.4. The van der Waals surface area contributed by atoms with Crippen molar-refractivity contribution in [2.45, 2.75) is 50.5 Å². The molecule has 2 fully saturated rings. The number of rotatable bonds is 3. The molecule has 1 saturated carbocycles. The maximum atomic E-state index is 13.1. The quantitative estimate of drug-likeness (QED) is 0.776. The molecule has 5 heteroatoms. The van der Waals surface area contributed by atoms with E-state index in [1.807, 2.05) is 24.3 Å². The Kier molecular flexibility index (Phi) is 4.76. The summed E-state index contributed by atoms with van der Waals surface area (Å²) in [6, 6.07) is 15.7. The van der Waals surface area contributed by atoms with Gasteiger partial charge in [-0.2, -0.15) is 0 Å². The van der Waals surface area contributed by atoms with Gasteiger partial charge in [0.1, 0.15) is 12.6 Å².